The molecule has 2 N–H and O–H groups in total. The molecule has 0 saturated carbocycles. The van der Waals surface area contributed by atoms with Gasteiger partial charge in [0.15, 0.2) is 11.6 Å². The highest BCUT2D eigenvalue weighted by molar-refractivity contribution is 7.92. The van der Waals surface area contributed by atoms with Crippen LogP contribution in [0.15, 0.2) is 83.8 Å². The molecular weight excluding hydrogens is 424 g/mol. The van der Waals surface area contributed by atoms with E-state index in [2.05, 4.69) is 20.0 Å². The molecule has 1 heterocycles. The maximum atomic E-state index is 13.0. The highest BCUT2D eigenvalue weighted by atomic mass is 32.2. The van der Waals surface area contributed by atoms with E-state index in [1.165, 1.54) is 17.7 Å². The van der Waals surface area contributed by atoms with Gasteiger partial charge in [-0.15, -0.1) is 0 Å². The molecule has 164 valence electrons. The topological polar surface area (TPSA) is 93.2 Å². The number of nitrogens with zero attached hydrogens (tertiary/aromatic N) is 2. The molecule has 0 bridgehead atoms. The monoisotopic (exact) mass is 448 g/mol. The summed E-state index contributed by atoms with van der Waals surface area (Å²) in [5, 5.41) is 3.23. The second kappa shape index (κ2) is 9.65. The van der Waals surface area contributed by atoms with Crippen molar-refractivity contribution in [3.8, 4) is 5.75 Å². The number of ether oxygens (including phenoxy) is 1. The van der Waals surface area contributed by atoms with Crippen LogP contribution in [-0.2, 0) is 16.4 Å². The van der Waals surface area contributed by atoms with E-state index in [1.807, 2.05) is 55.5 Å². The van der Waals surface area contributed by atoms with Gasteiger partial charge < -0.3 is 10.1 Å². The largest absolute Gasteiger partial charge is 0.494 e. The Bertz CT molecular complexity index is 1290. The summed E-state index contributed by atoms with van der Waals surface area (Å²) in [6.45, 7) is 2.96. The van der Waals surface area contributed by atoms with Crippen LogP contribution in [0, 0.1) is 0 Å². The van der Waals surface area contributed by atoms with Crippen LogP contribution in [0.4, 0.5) is 11.6 Å². The molecule has 0 fully saturated rings. The zero-order chi connectivity index (χ0) is 22.4. The van der Waals surface area contributed by atoms with Crippen molar-refractivity contribution >= 4 is 32.7 Å². The number of aromatic nitrogens is 2. The molecular formula is C24H24N4O3S. The maximum absolute atomic E-state index is 13.0. The number of nitrogens with one attached hydrogen (secondary N) is 2. The van der Waals surface area contributed by atoms with Crippen molar-refractivity contribution in [1.29, 1.82) is 0 Å². The Morgan fingerprint density at radius 3 is 2.09 bits per heavy atom. The molecule has 0 saturated heterocycles. The van der Waals surface area contributed by atoms with E-state index in [9.17, 15) is 8.42 Å². The third-order valence-electron chi connectivity index (χ3n) is 4.80. The van der Waals surface area contributed by atoms with E-state index in [4.69, 9.17) is 4.74 Å². The average molecular weight is 449 g/mol. The Kier molecular flexibility index (Phi) is 6.51. The van der Waals surface area contributed by atoms with Gasteiger partial charge in [0, 0.05) is 6.54 Å². The van der Waals surface area contributed by atoms with Crippen molar-refractivity contribution in [2.75, 3.05) is 23.2 Å². The fraction of sp³-hybridized carbons (Fsp3) is 0.167. The Morgan fingerprint density at radius 1 is 0.812 bits per heavy atom. The molecule has 4 rings (SSSR count). The summed E-state index contributed by atoms with van der Waals surface area (Å²) < 4.78 is 34.0. The first-order valence-electron chi connectivity index (χ1n) is 10.4. The number of anilines is 2. The van der Waals surface area contributed by atoms with E-state index < -0.39 is 10.0 Å². The Hall–Kier alpha value is -3.65. The second-order valence-corrected chi connectivity index (χ2v) is 8.76. The quantitative estimate of drug-likeness (QED) is 0.392. The van der Waals surface area contributed by atoms with E-state index in [0.717, 1.165) is 6.42 Å². The molecule has 1 aromatic heterocycles. The van der Waals surface area contributed by atoms with E-state index in [1.54, 1.807) is 18.2 Å². The van der Waals surface area contributed by atoms with Gasteiger partial charge in [0.2, 0.25) is 0 Å². The molecule has 32 heavy (non-hydrogen) atoms. The minimum Gasteiger partial charge on any atom is -0.494 e. The first kappa shape index (κ1) is 21.6. The molecule has 3 aromatic carbocycles. The predicted molar refractivity (Wildman–Crippen MR) is 127 cm³/mol. The third-order valence-corrected chi connectivity index (χ3v) is 6.15. The molecule has 0 radical (unpaired) electrons. The van der Waals surface area contributed by atoms with Crippen LogP contribution in [0.1, 0.15) is 12.5 Å². The van der Waals surface area contributed by atoms with Gasteiger partial charge in [-0.1, -0.05) is 42.5 Å². The number of benzene rings is 3. The summed E-state index contributed by atoms with van der Waals surface area (Å²) in [7, 11) is -3.86. The lowest BCUT2D eigenvalue weighted by molar-refractivity contribution is 0.340. The molecule has 8 heteroatoms. The summed E-state index contributed by atoms with van der Waals surface area (Å²) in [4.78, 5) is 9.24. The SMILES string of the molecule is CCOc1ccc(S(=O)(=O)Nc2nc3ccccc3nc2NCCc2ccccc2)cc1. The van der Waals surface area contributed by atoms with Crippen molar-refractivity contribution in [2.24, 2.45) is 0 Å². The van der Waals surface area contributed by atoms with Crippen molar-refractivity contribution in [3.05, 3.63) is 84.4 Å². The van der Waals surface area contributed by atoms with Crippen molar-refractivity contribution in [2.45, 2.75) is 18.2 Å². The minimum atomic E-state index is -3.86. The molecule has 0 spiro atoms. The zero-order valence-electron chi connectivity index (χ0n) is 17.7. The van der Waals surface area contributed by atoms with Crippen molar-refractivity contribution in [1.82, 2.24) is 9.97 Å². The van der Waals surface area contributed by atoms with Crippen LogP contribution in [0.25, 0.3) is 11.0 Å². The van der Waals surface area contributed by atoms with Gasteiger partial charge in [0.25, 0.3) is 10.0 Å². The van der Waals surface area contributed by atoms with Gasteiger partial charge in [-0.3, -0.25) is 4.72 Å². The summed E-state index contributed by atoms with van der Waals surface area (Å²) in [6.07, 6.45) is 0.764. The summed E-state index contributed by atoms with van der Waals surface area (Å²) >= 11 is 0. The van der Waals surface area contributed by atoms with Crippen molar-refractivity contribution in [3.63, 3.8) is 0 Å². The molecule has 0 aliphatic carbocycles. The molecule has 4 aromatic rings. The third kappa shape index (κ3) is 5.15. The van der Waals surface area contributed by atoms with Gasteiger partial charge in [-0.2, -0.15) is 0 Å². The number of fused-ring (bicyclic) bond motifs is 1. The van der Waals surface area contributed by atoms with E-state index in [0.29, 0.717) is 35.8 Å². The maximum Gasteiger partial charge on any atom is 0.263 e. The van der Waals surface area contributed by atoms with Gasteiger partial charge in [0.05, 0.1) is 22.5 Å². The van der Waals surface area contributed by atoms with Crippen LogP contribution in [-0.4, -0.2) is 31.5 Å². The van der Waals surface area contributed by atoms with Gasteiger partial charge in [0.1, 0.15) is 5.75 Å². The fourth-order valence-corrected chi connectivity index (χ4v) is 4.24. The Labute approximate surface area is 187 Å². The van der Waals surface area contributed by atoms with Crippen LogP contribution >= 0.6 is 0 Å². The fourth-order valence-electron chi connectivity index (χ4n) is 3.23. The number of hydrogen-bond acceptors (Lipinski definition) is 6. The highest BCUT2D eigenvalue weighted by Gasteiger charge is 2.19. The van der Waals surface area contributed by atoms with Gasteiger partial charge in [-0.25, -0.2) is 18.4 Å². The molecule has 0 amide bonds. The number of sulfonamides is 1. The minimum absolute atomic E-state index is 0.117. The summed E-state index contributed by atoms with van der Waals surface area (Å²) in [6, 6.07) is 23.6. The summed E-state index contributed by atoms with van der Waals surface area (Å²) in [5.41, 5.74) is 2.45. The standard InChI is InChI=1S/C24H24N4O3S/c1-2-31-19-12-14-20(15-13-19)32(29,30)28-24-23(25-17-16-18-8-4-3-5-9-18)26-21-10-6-7-11-22(21)27-24/h3-15H,2,16-17H2,1H3,(H,25,26)(H,27,28). The van der Waals surface area contributed by atoms with Crippen LogP contribution in [0.3, 0.4) is 0 Å². The van der Waals surface area contributed by atoms with Crippen molar-refractivity contribution < 1.29 is 13.2 Å². The lowest BCUT2D eigenvalue weighted by Crippen LogP contribution is -2.17. The van der Waals surface area contributed by atoms with E-state index >= 15 is 0 Å². The second-order valence-electron chi connectivity index (χ2n) is 7.08. The van der Waals surface area contributed by atoms with Crippen LogP contribution < -0.4 is 14.8 Å². The smallest absolute Gasteiger partial charge is 0.263 e. The molecule has 0 atom stereocenters. The number of hydrogen-bond donors (Lipinski definition) is 2. The molecule has 7 nitrogen and oxygen atoms in total. The first-order valence-corrected chi connectivity index (χ1v) is 11.8. The van der Waals surface area contributed by atoms with Gasteiger partial charge >= 0.3 is 0 Å². The highest BCUT2D eigenvalue weighted by Crippen LogP contribution is 2.25. The molecule has 0 aliphatic heterocycles. The zero-order valence-corrected chi connectivity index (χ0v) is 18.5. The summed E-state index contributed by atoms with van der Waals surface area (Å²) in [5.74, 6) is 1.15. The van der Waals surface area contributed by atoms with Crippen LogP contribution in [0.2, 0.25) is 0 Å². The Balaban J connectivity index is 1.60. The van der Waals surface area contributed by atoms with E-state index in [-0.39, 0.29) is 10.7 Å². The lowest BCUT2D eigenvalue weighted by atomic mass is 10.1. The number of rotatable bonds is 9. The molecule has 0 unspecified atom stereocenters. The normalized spacial score (nSPS) is 11.3. The number of para-hydroxylation sites is 2. The predicted octanol–water partition coefficient (Wildman–Crippen LogP) is 4.48. The Morgan fingerprint density at radius 2 is 1.44 bits per heavy atom. The van der Waals surface area contributed by atoms with Gasteiger partial charge in [-0.05, 0) is 55.3 Å². The first-order chi connectivity index (χ1) is 15.5. The average Bonchev–Trinajstić information content (AvgIpc) is 2.80. The van der Waals surface area contributed by atoms with Crippen LogP contribution in [0.5, 0.6) is 5.75 Å². The lowest BCUT2D eigenvalue weighted by Gasteiger charge is -2.14. The molecule has 0 aliphatic rings.